The molecule has 13 nitrogen and oxygen atoms in total. The van der Waals surface area contributed by atoms with Crippen molar-refractivity contribution in [3.05, 3.63) is 84.6 Å². The molecule has 0 unspecified atom stereocenters. The third-order valence-corrected chi connectivity index (χ3v) is 10.3. The van der Waals surface area contributed by atoms with Gasteiger partial charge in [0.05, 0.1) is 56.5 Å². The summed E-state index contributed by atoms with van der Waals surface area (Å²) in [4.78, 5) is 19.8. The van der Waals surface area contributed by atoms with Gasteiger partial charge in [0.1, 0.15) is 18.3 Å². The van der Waals surface area contributed by atoms with Gasteiger partial charge in [0.25, 0.3) is 0 Å². The number of ether oxygens (including phenoxy) is 3. The van der Waals surface area contributed by atoms with E-state index in [0.717, 1.165) is 45.3 Å². The van der Waals surface area contributed by atoms with Crippen molar-refractivity contribution in [2.75, 3.05) is 49.8 Å². The second kappa shape index (κ2) is 14.3. The smallest absolute Gasteiger partial charge is 0.232 e. The van der Waals surface area contributed by atoms with Crippen LogP contribution in [-0.2, 0) is 29.3 Å². The van der Waals surface area contributed by atoms with Crippen molar-refractivity contribution in [3.63, 3.8) is 0 Å². The highest BCUT2D eigenvalue weighted by Crippen LogP contribution is 2.30. The molecule has 0 aliphatic carbocycles. The van der Waals surface area contributed by atoms with Crippen LogP contribution in [0.15, 0.2) is 73.2 Å². The molecule has 6 aromatic rings. The van der Waals surface area contributed by atoms with Gasteiger partial charge < -0.3 is 28.6 Å². The largest absolute Gasteiger partial charge is 0.497 e. The van der Waals surface area contributed by atoms with Gasteiger partial charge in [0.15, 0.2) is 5.65 Å². The second-order valence-corrected chi connectivity index (χ2v) is 19.0. The zero-order chi connectivity index (χ0) is 33.8. The monoisotopic (exact) mass is 678 g/mol. The van der Waals surface area contributed by atoms with Crippen LogP contribution in [0, 0.1) is 0 Å². The summed E-state index contributed by atoms with van der Waals surface area (Å²) in [5, 5.41) is 12.9. The molecule has 0 amide bonds. The topological polar surface area (TPSA) is 121 Å². The van der Waals surface area contributed by atoms with Crippen LogP contribution < -0.4 is 14.5 Å². The fraction of sp³-hybridized carbons (Fsp3) is 0.371. The predicted molar refractivity (Wildman–Crippen MR) is 192 cm³/mol. The van der Waals surface area contributed by atoms with Crippen LogP contribution in [0.1, 0.15) is 11.4 Å². The first-order chi connectivity index (χ1) is 23.9. The van der Waals surface area contributed by atoms with Crippen LogP contribution in [0.2, 0.25) is 25.7 Å². The molecule has 254 valence electrons. The van der Waals surface area contributed by atoms with Crippen molar-refractivity contribution in [1.29, 1.82) is 0 Å². The Labute approximate surface area is 286 Å². The number of hydrogen-bond donors (Lipinski definition) is 0. The molecule has 0 saturated carbocycles. The lowest BCUT2D eigenvalue weighted by Gasteiger charge is -2.29. The Morgan fingerprint density at radius 1 is 0.898 bits per heavy atom. The van der Waals surface area contributed by atoms with Crippen LogP contribution in [-0.4, -0.2) is 87.4 Å². The number of para-hydroxylation sites is 2. The molecule has 1 saturated heterocycles. The summed E-state index contributed by atoms with van der Waals surface area (Å²) < 4.78 is 21.4. The highest BCUT2D eigenvalue weighted by Gasteiger charge is 2.25. The zero-order valence-corrected chi connectivity index (χ0v) is 29.5. The summed E-state index contributed by atoms with van der Waals surface area (Å²) in [6, 6.07) is 19.3. The molecule has 7 rings (SSSR count). The summed E-state index contributed by atoms with van der Waals surface area (Å²) in [6.07, 6.45) is 5.23. The van der Waals surface area contributed by atoms with Gasteiger partial charge in [-0.15, -0.1) is 0 Å². The van der Waals surface area contributed by atoms with Gasteiger partial charge in [-0.05, 0) is 41.9 Å². The first-order valence-electron chi connectivity index (χ1n) is 16.6. The number of hydrogen-bond acceptors (Lipinski definition) is 11. The average molecular weight is 679 g/mol. The van der Waals surface area contributed by atoms with Crippen LogP contribution in [0.4, 0.5) is 11.9 Å². The zero-order valence-electron chi connectivity index (χ0n) is 28.5. The van der Waals surface area contributed by atoms with E-state index >= 15 is 0 Å². The Hall–Kier alpha value is -4.92. The molecule has 0 radical (unpaired) electrons. The van der Waals surface area contributed by atoms with Crippen molar-refractivity contribution in [1.82, 2.24) is 39.3 Å². The van der Waals surface area contributed by atoms with E-state index in [1.165, 1.54) is 0 Å². The number of aromatic nitrogens is 8. The predicted octanol–water partition coefficient (Wildman–Crippen LogP) is 5.30. The summed E-state index contributed by atoms with van der Waals surface area (Å²) in [6.45, 7) is 11.8. The Bertz CT molecular complexity index is 2000. The van der Waals surface area contributed by atoms with Crippen molar-refractivity contribution in [3.8, 4) is 16.9 Å². The molecule has 49 heavy (non-hydrogen) atoms. The van der Waals surface area contributed by atoms with E-state index in [4.69, 9.17) is 34.3 Å². The molecule has 2 aromatic carbocycles. The lowest BCUT2D eigenvalue weighted by molar-refractivity contribution is 0.0878. The number of anilines is 2. The second-order valence-electron chi connectivity index (χ2n) is 13.3. The highest BCUT2D eigenvalue weighted by molar-refractivity contribution is 6.76. The molecule has 4 aromatic heterocycles. The minimum absolute atomic E-state index is 0.413. The molecule has 0 N–H and O–H groups in total. The van der Waals surface area contributed by atoms with Crippen LogP contribution in [0.5, 0.6) is 5.75 Å². The van der Waals surface area contributed by atoms with Crippen LogP contribution >= 0.6 is 0 Å². The number of methoxy groups -OCH3 is 1. The highest BCUT2D eigenvalue weighted by atomic mass is 28.3. The fourth-order valence-corrected chi connectivity index (χ4v) is 6.62. The first-order valence-corrected chi connectivity index (χ1v) is 20.3. The number of rotatable bonds is 13. The van der Waals surface area contributed by atoms with Crippen molar-refractivity contribution < 1.29 is 14.2 Å². The third-order valence-electron chi connectivity index (χ3n) is 8.63. The van der Waals surface area contributed by atoms with Crippen molar-refractivity contribution in [2.24, 2.45) is 0 Å². The van der Waals surface area contributed by atoms with Gasteiger partial charge in [0.2, 0.25) is 11.9 Å². The van der Waals surface area contributed by atoms with Crippen molar-refractivity contribution in [2.45, 2.75) is 45.5 Å². The molecule has 0 bridgehead atoms. The van der Waals surface area contributed by atoms with E-state index in [9.17, 15) is 0 Å². The first kappa shape index (κ1) is 32.6. The molecule has 0 spiro atoms. The molecular weight excluding hydrogens is 637 g/mol. The Balaban J connectivity index is 1.34. The average Bonchev–Trinajstić information content (AvgIpc) is 3.71. The molecule has 1 aliphatic rings. The van der Waals surface area contributed by atoms with Gasteiger partial charge in [-0.25, -0.2) is 4.98 Å². The maximum Gasteiger partial charge on any atom is 0.232 e. The summed E-state index contributed by atoms with van der Waals surface area (Å²) in [5.74, 6) is 2.94. The van der Waals surface area contributed by atoms with E-state index < -0.39 is 8.07 Å². The Kier molecular flexibility index (Phi) is 9.51. The normalized spacial score (nSPS) is 13.8. The van der Waals surface area contributed by atoms with Crippen LogP contribution in [0.3, 0.4) is 0 Å². The third kappa shape index (κ3) is 7.40. The summed E-state index contributed by atoms with van der Waals surface area (Å²) >= 11 is 0. The fourth-order valence-electron chi connectivity index (χ4n) is 5.86. The lowest BCUT2D eigenvalue weighted by atomic mass is 10.2. The number of fused-ring (bicyclic) bond motifs is 2. The summed E-state index contributed by atoms with van der Waals surface area (Å²) in [5.41, 5.74) is 5.44. The Morgan fingerprint density at radius 3 is 2.47 bits per heavy atom. The van der Waals surface area contributed by atoms with Gasteiger partial charge in [-0.3, -0.25) is 0 Å². The number of morpholine rings is 1. The maximum atomic E-state index is 6.31. The SMILES string of the molecule is COc1ccc(CN(Cc2nc3ccccc3n2COCC[Si](C)(C)C)c2nc(N3CCOCC3)nc3c(-c4ccnnc4)cnn23)cc1. The molecule has 0 atom stereocenters. The van der Waals surface area contributed by atoms with E-state index in [1.54, 1.807) is 19.5 Å². The minimum Gasteiger partial charge on any atom is -0.497 e. The van der Waals surface area contributed by atoms with Gasteiger partial charge in [0, 0.05) is 45.4 Å². The summed E-state index contributed by atoms with van der Waals surface area (Å²) in [7, 11) is 0.431. The molecule has 14 heteroatoms. The minimum atomic E-state index is -1.25. The van der Waals surface area contributed by atoms with E-state index in [0.29, 0.717) is 70.3 Å². The van der Waals surface area contributed by atoms with E-state index in [-0.39, 0.29) is 0 Å². The maximum absolute atomic E-state index is 6.31. The molecule has 1 aliphatic heterocycles. The number of imidazole rings is 1. The lowest BCUT2D eigenvalue weighted by Crippen LogP contribution is -2.38. The molecule has 1 fully saturated rings. The van der Waals surface area contributed by atoms with Crippen LogP contribution in [0.25, 0.3) is 27.8 Å². The number of benzene rings is 2. The Morgan fingerprint density at radius 2 is 1.71 bits per heavy atom. The van der Waals surface area contributed by atoms with Gasteiger partial charge in [-0.1, -0.05) is 43.9 Å². The van der Waals surface area contributed by atoms with Gasteiger partial charge in [-0.2, -0.15) is 29.8 Å². The van der Waals surface area contributed by atoms with E-state index in [1.807, 2.05) is 47.1 Å². The van der Waals surface area contributed by atoms with Gasteiger partial charge >= 0.3 is 0 Å². The van der Waals surface area contributed by atoms with E-state index in [2.05, 4.69) is 62.4 Å². The quantitative estimate of drug-likeness (QED) is 0.117. The molecular formula is C35H42N10O3Si. The standard InChI is InChI=1S/C35H42N10O3Si/c1-46-28-11-9-26(10-12-28)23-43(24-32-39-30-7-5-6-8-31(30)44(32)25-48-19-20-49(2,3)4)35-41-34(42-15-17-47-18-16-42)40-33-29(22-38-45(33)35)27-13-14-36-37-21-27/h5-14,21-22H,15-20,23-25H2,1-4H3. The number of nitrogens with zero attached hydrogens (tertiary/aromatic N) is 10. The molecule has 5 heterocycles. The van der Waals surface area contributed by atoms with Crippen molar-refractivity contribution >= 4 is 36.7 Å².